The number of hydrogen-bond acceptors (Lipinski definition) is 10. The Morgan fingerprint density at radius 1 is 1.15 bits per heavy atom. The van der Waals surface area contributed by atoms with Crippen LogP contribution in [-0.2, 0) is 22.6 Å². The number of ketones is 2. The third kappa shape index (κ3) is 4.03. The summed E-state index contributed by atoms with van der Waals surface area (Å²) < 4.78 is 5.66. The molecule has 11 heteroatoms. The fraction of sp³-hybridized carbons (Fsp3) is 0.367. The van der Waals surface area contributed by atoms with Gasteiger partial charge in [-0.2, -0.15) is 0 Å². The number of phenolic OH excluding ortho intramolecular Hbond substituents is 1. The zero-order valence-electron chi connectivity index (χ0n) is 23.0. The van der Waals surface area contributed by atoms with Crippen molar-refractivity contribution in [2.24, 2.45) is 23.3 Å². The number of primary amides is 1. The first-order chi connectivity index (χ1) is 19.4. The highest BCUT2D eigenvalue weighted by molar-refractivity contribution is 6.24. The van der Waals surface area contributed by atoms with Crippen LogP contribution in [0.1, 0.15) is 34.8 Å². The van der Waals surface area contributed by atoms with Crippen molar-refractivity contribution in [1.82, 2.24) is 4.90 Å². The maximum Gasteiger partial charge on any atom is 0.255 e. The molecule has 0 unspecified atom stereocenters. The van der Waals surface area contributed by atoms with Crippen molar-refractivity contribution >= 4 is 17.5 Å². The summed E-state index contributed by atoms with van der Waals surface area (Å²) in [7, 11) is 3.18. The van der Waals surface area contributed by atoms with E-state index >= 15 is 0 Å². The van der Waals surface area contributed by atoms with E-state index < -0.39 is 58.0 Å². The minimum atomic E-state index is -2.68. The molecule has 2 aromatic carbocycles. The van der Waals surface area contributed by atoms with Crippen LogP contribution in [0, 0.1) is 11.8 Å². The first-order valence-electron chi connectivity index (χ1n) is 13.3. The van der Waals surface area contributed by atoms with E-state index in [4.69, 9.17) is 16.2 Å². The predicted molar refractivity (Wildman–Crippen MR) is 148 cm³/mol. The summed E-state index contributed by atoms with van der Waals surface area (Å²) in [4.78, 5) is 41.0. The minimum Gasteiger partial charge on any atom is -0.510 e. The monoisotopic (exact) mass is 563 g/mol. The number of phenols is 1. The number of amides is 1. The van der Waals surface area contributed by atoms with Gasteiger partial charge in [-0.25, -0.2) is 0 Å². The van der Waals surface area contributed by atoms with Gasteiger partial charge in [0.15, 0.2) is 11.4 Å². The van der Waals surface area contributed by atoms with Crippen LogP contribution >= 0.6 is 0 Å². The van der Waals surface area contributed by atoms with Crippen LogP contribution in [0.5, 0.6) is 11.5 Å². The molecular formula is C30H33N3O8. The van der Waals surface area contributed by atoms with Crippen molar-refractivity contribution in [2.45, 2.75) is 38.0 Å². The van der Waals surface area contributed by atoms with Gasteiger partial charge in [0.05, 0.1) is 18.2 Å². The number of carbonyl (C=O) groups excluding carboxylic acids is 3. The molecule has 0 fully saturated rings. The van der Waals surface area contributed by atoms with Crippen molar-refractivity contribution in [2.75, 3.05) is 20.7 Å². The summed E-state index contributed by atoms with van der Waals surface area (Å²) in [6, 6.07) is 7.51. The second-order valence-corrected chi connectivity index (χ2v) is 10.9. The normalized spacial score (nSPS) is 25.7. The third-order valence-corrected chi connectivity index (χ3v) is 8.50. The molecule has 0 saturated carbocycles. The summed E-state index contributed by atoms with van der Waals surface area (Å²) in [6.07, 6.45) is 0.196. The average molecular weight is 564 g/mol. The number of aromatic hydroxyl groups is 1. The zero-order chi connectivity index (χ0) is 30.0. The summed E-state index contributed by atoms with van der Waals surface area (Å²) in [6.45, 7) is 2.55. The van der Waals surface area contributed by atoms with Gasteiger partial charge in [-0.3, -0.25) is 19.3 Å². The van der Waals surface area contributed by atoms with E-state index in [9.17, 15) is 34.8 Å². The van der Waals surface area contributed by atoms with E-state index in [1.165, 1.54) is 11.0 Å². The highest BCUT2D eigenvalue weighted by atomic mass is 16.5. The molecular weight excluding hydrogens is 530 g/mol. The Morgan fingerprint density at radius 3 is 2.46 bits per heavy atom. The highest BCUT2D eigenvalue weighted by Gasteiger charge is 2.63. The molecule has 216 valence electrons. The van der Waals surface area contributed by atoms with Crippen LogP contribution in [-0.4, -0.2) is 75.1 Å². The van der Waals surface area contributed by atoms with Crippen molar-refractivity contribution in [3.8, 4) is 22.6 Å². The number of Topliss-reactive ketones (excluding diaryl/α,β-unsaturated/α-hetero) is 2. The van der Waals surface area contributed by atoms with Gasteiger partial charge < -0.3 is 36.6 Å². The molecule has 11 nitrogen and oxygen atoms in total. The van der Waals surface area contributed by atoms with E-state index in [-0.39, 0.29) is 36.3 Å². The quantitative estimate of drug-likeness (QED) is 0.281. The van der Waals surface area contributed by atoms with E-state index in [1.54, 1.807) is 26.2 Å². The summed E-state index contributed by atoms with van der Waals surface area (Å²) >= 11 is 0. The summed E-state index contributed by atoms with van der Waals surface area (Å²) in [5.74, 6) is -6.21. The Morgan fingerprint density at radius 2 is 1.85 bits per heavy atom. The van der Waals surface area contributed by atoms with Gasteiger partial charge in [0.2, 0.25) is 5.78 Å². The van der Waals surface area contributed by atoms with Gasteiger partial charge in [0.1, 0.15) is 28.6 Å². The molecule has 5 rings (SSSR count). The number of fused-ring (bicyclic) bond motifs is 3. The molecule has 0 saturated heterocycles. The molecule has 0 radical (unpaired) electrons. The number of aliphatic hydroxyl groups excluding tert-OH is 2. The first kappa shape index (κ1) is 28.3. The van der Waals surface area contributed by atoms with Gasteiger partial charge in [-0.05, 0) is 74.7 Å². The molecule has 1 amide bonds. The topological polar surface area (TPSA) is 197 Å². The second-order valence-electron chi connectivity index (χ2n) is 10.9. The number of hydrogen-bond donors (Lipinski definition) is 6. The van der Waals surface area contributed by atoms with E-state index in [2.05, 4.69) is 0 Å². The van der Waals surface area contributed by atoms with Gasteiger partial charge in [0.25, 0.3) is 5.91 Å². The van der Waals surface area contributed by atoms with Crippen molar-refractivity contribution in [3.05, 3.63) is 69.7 Å². The van der Waals surface area contributed by atoms with E-state index in [0.717, 1.165) is 11.1 Å². The lowest BCUT2D eigenvalue weighted by molar-refractivity contribution is -0.148. The lowest BCUT2D eigenvalue weighted by Crippen LogP contribution is -2.63. The molecule has 0 heterocycles. The van der Waals surface area contributed by atoms with Gasteiger partial charge in [-0.1, -0.05) is 12.1 Å². The van der Waals surface area contributed by atoms with Gasteiger partial charge in [0, 0.05) is 23.6 Å². The van der Waals surface area contributed by atoms with Crippen LogP contribution in [0.25, 0.3) is 11.1 Å². The molecule has 3 aliphatic carbocycles. The van der Waals surface area contributed by atoms with Crippen LogP contribution in [0.3, 0.4) is 0 Å². The van der Waals surface area contributed by atoms with Crippen molar-refractivity contribution < 1.29 is 39.5 Å². The lowest BCUT2D eigenvalue weighted by Gasteiger charge is -2.50. The van der Waals surface area contributed by atoms with Crippen molar-refractivity contribution in [3.63, 3.8) is 0 Å². The Labute approximate surface area is 236 Å². The van der Waals surface area contributed by atoms with Gasteiger partial charge >= 0.3 is 0 Å². The Bertz CT molecular complexity index is 1560. The summed E-state index contributed by atoms with van der Waals surface area (Å²) in [5, 5.41) is 44.9. The number of likely N-dealkylation sites (N-methyl/N-ethyl adjacent to an activating group) is 1. The number of benzene rings is 2. The smallest absolute Gasteiger partial charge is 0.255 e. The number of ether oxygens (including phenoxy) is 1. The number of aliphatic hydroxyl groups is 3. The molecule has 8 N–H and O–H groups in total. The van der Waals surface area contributed by atoms with Crippen LogP contribution in [0.2, 0.25) is 0 Å². The summed E-state index contributed by atoms with van der Waals surface area (Å²) in [5.41, 5.74) is 10.3. The van der Waals surface area contributed by atoms with E-state index in [0.29, 0.717) is 23.5 Å². The van der Waals surface area contributed by atoms with Crippen LogP contribution in [0.15, 0.2) is 53.0 Å². The molecule has 0 bridgehead atoms. The Balaban J connectivity index is 1.69. The van der Waals surface area contributed by atoms with Gasteiger partial charge in [-0.15, -0.1) is 0 Å². The minimum absolute atomic E-state index is 0.0121. The maximum absolute atomic E-state index is 13.9. The number of nitrogens with zero attached hydrogens (tertiary/aromatic N) is 1. The molecule has 0 spiro atoms. The van der Waals surface area contributed by atoms with Crippen molar-refractivity contribution in [1.29, 1.82) is 0 Å². The number of allylic oxidation sites excluding steroid dienone is 1. The molecule has 2 aromatic rings. The standard InChI is InChI=1S/C30H33N3O8/c1-4-41-20-8-5-13(9-15(20)12-31)16-6-7-19(34)22-17(16)10-14-11-18-24(33(2)3)26(36)23(29(32)39)28(38)30(18,40)27(37)21(14)25(22)35/h5-9,14,18,24,34,36-37,40H,4,10-12,31H2,1-3H3,(H2,32,39)/t14-,18-,24-,30-/m1/s1. The van der Waals surface area contributed by atoms with E-state index in [1.807, 2.05) is 19.1 Å². The first-order valence-corrected chi connectivity index (χ1v) is 13.3. The highest BCUT2D eigenvalue weighted by Crippen LogP contribution is 2.53. The Kier molecular flexibility index (Phi) is 6.93. The molecule has 41 heavy (non-hydrogen) atoms. The predicted octanol–water partition coefficient (Wildman–Crippen LogP) is 1.64. The molecule has 0 aliphatic heterocycles. The Hall–Kier alpha value is -4.19. The molecule has 4 atom stereocenters. The fourth-order valence-electron chi connectivity index (χ4n) is 6.72. The SMILES string of the molecule is CCOc1ccc(-c2ccc(O)c3c2C[C@@H]2C[C@@H]4[C@@H](N(C)C)C(O)=C(C(N)=O)C(=O)[C@]4(O)C(O)=C2C3=O)cc1CN. The molecule has 3 aliphatic rings. The zero-order valence-corrected chi connectivity index (χ0v) is 23.0. The number of rotatable bonds is 6. The van der Waals surface area contributed by atoms with Crippen LogP contribution in [0.4, 0.5) is 0 Å². The average Bonchev–Trinajstić information content (AvgIpc) is 2.91. The number of carbonyl (C=O) groups is 3. The largest absolute Gasteiger partial charge is 0.510 e. The third-order valence-electron chi connectivity index (χ3n) is 8.50. The maximum atomic E-state index is 13.9. The lowest BCUT2D eigenvalue weighted by atomic mass is 9.58. The van der Waals surface area contributed by atoms with Crippen LogP contribution < -0.4 is 16.2 Å². The second kappa shape index (κ2) is 10.0. The number of nitrogens with two attached hydrogens (primary N) is 2. The molecule has 0 aromatic heterocycles. The fourth-order valence-corrected chi connectivity index (χ4v) is 6.72.